The van der Waals surface area contributed by atoms with Crippen LogP contribution in [0.15, 0.2) is 42.4 Å². The van der Waals surface area contributed by atoms with E-state index in [2.05, 4.69) is 45.4 Å². The average Bonchev–Trinajstić information content (AvgIpc) is 3.00. The number of alkyl halides is 2. The number of benzene rings is 1. The third-order valence-electron chi connectivity index (χ3n) is 10.6. The van der Waals surface area contributed by atoms with E-state index in [9.17, 15) is 9.65 Å². The highest BCUT2D eigenvalue weighted by Crippen LogP contribution is 2.52. The number of hydrogen-bond donors (Lipinski definition) is 0. The van der Waals surface area contributed by atoms with Crippen molar-refractivity contribution in [2.45, 2.75) is 110 Å². The minimum atomic E-state index is -3.17. The van der Waals surface area contributed by atoms with E-state index >= 15 is 8.78 Å². The number of unbranched alkanes of at least 4 members (excludes halogenated alkanes) is 3. The summed E-state index contributed by atoms with van der Waals surface area (Å²) in [5, 5.41) is 10.0. The Morgan fingerprint density at radius 3 is 2.44 bits per heavy atom. The van der Waals surface area contributed by atoms with Crippen LogP contribution in [0.3, 0.4) is 0 Å². The maximum Gasteiger partial charge on any atom is 0.278 e. The lowest BCUT2D eigenvalue weighted by atomic mass is 9.63. The quantitative estimate of drug-likeness (QED) is 0.222. The third kappa shape index (κ3) is 6.56. The van der Waals surface area contributed by atoms with Crippen LogP contribution in [-0.4, -0.2) is 40.5 Å². The fraction of sp³-hybridized carbons (Fsp3) is 0.595. The summed E-state index contributed by atoms with van der Waals surface area (Å²) in [4.78, 5) is 13.5. The Morgan fingerprint density at radius 1 is 1.09 bits per heavy atom. The van der Waals surface area contributed by atoms with Gasteiger partial charge in [0.2, 0.25) is 0 Å². The Kier molecular flexibility index (Phi) is 10.1. The largest absolute Gasteiger partial charge is 0.326 e. The molecule has 8 heteroatoms. The molecule has 0 radical (unpaired) electrons. The fourth-order valence-electron chi connectivity index (χ4n) is 7.40. The van der Waals surface area contributed by atoms with Gasteiger partial charge in [-0.1, -0.05) is 57.9 Å². The number of aromatic nitrogens is 2. The van der Waals surface area contributed by atoms with Crippen LogP contribution in [0.2, 0.25) is 0 Å². The molecule has 2 aromatic rings. The van der Waals surface area contributed by atoms with E-state index in [0.717, 1.165) is 86.3 Å². The number of hydrogen-bond acceptors (Lipinski definition) is 5. The third-order valence-corrected chi connectivity index (χ3v) is 10.6. The maximum absolute atomic E-state index is 15.5. The van der Waals surface area contributed by atoms with E-state index in [1.165, 1.54) is 6.07 Å². The van der Waals surface area contributed by atoms with E-state index in [4.69, 9.17) is 0 Å². The SMILES string of the molecule is C=C1C(C2(C#N)CCC2)=Cc2c(C)ncnc2N1CCCCCCC(C)N1CCC(C(F)(F)c2cccc(C(C)C)c2F)CC1. The Morgan fingerprint density at radius 2 is 1.80 bits per heavy atom. The molecule has 0 amide bonds. The van der Waals surface area contributed by atoms with Gasteiger partial charge in [-0.25, -0.2) is 23.1 Å². The number of nitriles is 1. The van der Waals surface area contributed by atoms with E-state index in [1.54, 1.807) is 18.5 Å². The summed E-state index contributed by atoms with van der Waals surface area (Å²) in [5.41, 5.74) is 3.27. The highest BCUT2D eigenvalue weighted by Gasteiger charge is 2.46. The average molecular weight is 620 g/mol. The highest BCUT2D eigenvalue weighted by molar-refractivity contribution is 5.79. The van der Waals surface area contributed by atoms with E-state index < -0.39 is 28.6 Å². The van der Waals surface area contributed by atoms with Crippen molar-refractivity contribution in [3.8, 4) is 6.07 Å². The van der Waals surface area contributed by atoms with Crippen molar-refractivity contribution in [3.63, 3.8) is 0 Å². The molecule has 1 saturated carbocycles. The van der Waals surface area contributed by atoms with Crippen LogP contribution in [0.5, 0.6) is 0 Å². The maximum atomic E-state index is 15.5. The standard InChI is InChI=1S/C37H48F3N5/c1-25(2)30-13-10-14-32(34(30)38)37(39,40)29-15-20-44(21-16-29)26(3)12-8-6-7-9-19-45-28(5)33(36(23-41)17-11-18-36)22-31-27(4)42-24-43-35(31)45/h10,13-14,22,24-26,29H,5-9,11-12,15-21H2,1-4H3. The first-order chi connectivity index (χ1) is 21.5. The number of halogens is 3. The number of anilines is 1. The number of fused-ring (bicyclic) bond motifs is 1. The highest BCUT2D eigenvalue weighted by atomic mass is 19.3. The van der Waals surface area contributed by atoms with E-state index in [-0.39, 0.29) is 5.92 Å². The lowest BCUT2D eigenvalue weighted by Gasteiger charge is -2.43. The first-order valence-electron chi connectivity index (χ1n) is 16.8. The fourth-order valence-corrected chi connectivity index (χ4v) is 7.40. The molecule has 2 aliphatic heterocycles. The lowest BCUT2D eigenvalue weighted by molar-refractivity contribution is -0.0907. The van der Waals surface area contributed by atoms with E-state index in [0.29, 0.717) is 37.5 Å². The molecule has 2 fully saturated rings. The predicted molar refractivity (Wildman–Crippen MR) is 174 cm³/mol. The molecule has 45 heavy (non-hydrogen) atoms. The summed E-state index contributed by atoms with van der Waals surface area (Å²) in [7, 11) is 0. The number of aryl methyl sites for hydroxylation is 1. The lowest BCUT2D eigenvalue weighted by Crippen LogP contribution is -2.43. The first kappa shape index (κ1) is 33.2. The molecule has 5 nitrogen and oxygen atoms in total. The van der Waals surface area contributed by atoms with Gasteiger partial charge in [-0.3, -0.25) is 0 Å². The molecule has 0 N–H and O–H groups in total. The molecule has 242 valence electrons. The molecule has 5 rings (SSSR count). The smallest absolute Gasteiger partial charge is 0.278 e. The Balaban J connectivity index is 1.08. The summed E-state index contributed by atoms with van der Waals surface area (Å²) in [6.07, 6.45) is 12.5. The van der Waals surface area contributed by atoms with Gasteiger partial charge in [0, 0.05) is 29.8 Å². The second-order valence-corrected chi connectivity index (χ2v) is 13.7. The van der Waals surface area contributed by atoms with Crippen molar-refractivity contribution in [2.24, 2.45) is 11.3 Å². The van der Waals surface area contributed by atoms with Gasteiger partial charge in [-0.05, 0) is 95.0 Å². The normalized spacial score (nSPS) is 19.6. The Bertz CT molecular complexity index is 1450. The molecule has 3 heterocycles. The van der Waals surface area contributed by atoms with Crippen molar-refractivity contribution in [3.05, 3.63) is 70.6 Å². The van der Waals surface area contributed by atoms with Crippen molar-refractivity contribution < 1.29 is 13.2 Å². The van der Waals surface area contributed by atoms with Gasteiger partial charge in [-0.15, -0.1) is 0 Å². The second-order valence-electron chi connectivity index (χ2n) is 13.7. The summed E-state index contributed by atoms with van der Waals surface area (Å²) in [5.74, 6) is -4.02. The van der Waals surface area contributed by atoms with Crippen LogP contribution < -0.4 is 4.90 Å². The molecule has 1 aromatic heterocycles. The summed E-state index contributed by atoms with van der Waals surface area (Å²) < 4.78 is 46.0. The zero-order valence-corrected chi connectivity index (χ0v) is 27.4. The number of likely N-dealkylation sites (tertiary alicyclic amines) is 1. The predicted octanol–water partition coefficient (Wildman–Crippen LogP) is 9.30. The monoisotopic (exact) mass is 619 g/mol. The molecule has 1 saturated heterocycles. The van der Waals surface area contributed by atoms with Crippen molar-refractivity contribution in [1.82, 2.24) is 14.9 Å². The van der Waals surface area contributed by atoms with Crippen molar-refractivity contribution in [1.29, 1.82) is 5.26 Å². The second kappa shape index (κ2) is 13.7. The molecule has 0 bridgehead atoms. The van der Waals surface area contributed by atoms with E-state index in [1.807, 2.05) is 20.8 Å². The molecule has 1 aliphatic carbocycles. The van der Waals surface area contributed by atoms with Gasteiger partial charge >= 0.3 is 0 Å². The number of allylic oxidation sites excluding steroid dienone is 1. The topological polar surface area (TPSA) is 56.1 Å². The summed E-state index contributed by atoms with van der Waals surface area (Å²) in [6, 6.07) is 7.33. The zero-order valence-electron chi connectivity index (χ0n) is 27.4. The minimum absolute atomic E-state index is 0.137. The summed E-state index contributed by atoms with van der Waals surface area (Å²) in [6.45, 7) is 14.3. The van der Waals surface area contributed by atoms with Gasteiger partial charge in [0.15, 0.2) is 0 Å². The van der Waals surface area contributed by atoms with Gasteiger partial charge in [0.25, 0.3) is 5.92 Å². The summed E-state index contributed by atoms with van der Waals surface area (Å²) >= 11 is 0. The van der Waals surface area contributed by atoms with Crippen LogP contribution in [0.4, 0.5) is 19.0 Å². The molecule has 1 atom stereocenters. The molecule has 1 aromatic carbocycles. The van der Waals surface area contributed by atoms with Crippen LogP contribution in [0.25, 0.3) is 6.08 Å². The zero-order chi connectivity index (χ0) is 32.4. The first-order valence-corrected chi connectivity index (χ1v) is 16.8. The molecule has 1 unspecified atom stereocenters. The van der Waals surface area contributed by atoms with Gasteiger partial charge in [-0.2, -0.15) is 5.26 Å². The Hall–Kier alpha value is -3.18. The van der Waals surface area contributed by atoms with Gasteiger partial charge in [0.1, 0.15) is 18.0 Å². The number of rotatable bonds is 12. The minimum Gasteiger partial charge on any atom is -0.326 e. The van der Waals surface area contributed by atoms with Crippen LogP contribution in [-0.2, 0) is 5.92 Å². The molecule has 0 spiro atoms. The molecular formula is C37H48F3N5. The van der Waals surface area contributed by atoms with Gasteiger partial charge in [0.05, 0.1) is 22.7 Å². The molecular weight excluding hydrogens is 571 g/mol. The van der Waals surface area contributed by atoms with Gasteiger partial charge < -0.3 is 9.80 Å². The molecule has 3 aliphatic rings. The van der Waals surface area contributed by atoms with Crippen molar-refractivity contribution >= 4 is 11.9 Å². The van der Waals surface area contributed by atoms with Crippen LogP contribution in [0, 0.1) is 35.4 Å². The van der Waals surface area contributed by atoms with Crippen LogP contribution >= 0.6 is 0 Å². The van der Waals surface area contributed by atoms with Crippen molar-refractivity contribution in [2.75, 3.05) is 24.5 Å². The Labute approximate surface area is 267 Å². The van der Waals surface area contributed by atoms with Crippen LogP contribution in [0.1, 0.15) is 113 Å². The number of nitrogens with zero attached hydrogens (tertiary/aromatic N) is 5. The number of piperidine rings is 1.